The number of carbonyl (C=O) groups is 1. The molecule has 0 aliphatic heterocycles. The first-order valence-electron chi connectivity index (χ1n) is 6.03. The Morgan fingerprint density at radius 2 is 1.47 bits per heavy atom. The number of esters is 1. The Morgan fingerprint density at radius 1 is 0.895 bits per heavy atom. The van der Waals surface area contributed by atoms with Crippen molar-refractivity contribution < 1.29 is 14.3 Å². The smallest absolute Gasteiger partial charge is 0.343 e. The summed E-state index contributed by atoms with van der Waals surface area (Å²) in [6, 6.07) is 12.6. The van der Waals surface area contributed by atoms with Crippen LogP contribution in [0.15, 0.2) is 42.5 Å². The molecule has 0 unspecified atom stereocenters. The minimum absolute atomic E-state index is 0.368. The van der Waals surface area contributed by atoms with Gasteiger partial charge in [-0.3, -0.25) is 0 Å². The molecule has 0 saturated carbocycles. The fourth-order valence-corrected chi connectivity index (χ4v) is 1.88. The number of hydrogen-bond donors (Lipinski definition) is 0. The lowest BCUT2D eigenvalue weighted by molar-refractivity contribution is 0.0734. The van der Waals surface area contributed by atoms with Crippen LogP contribution >= 0.6 is 0 Å². The summed E-state index contributed by atoms with van der Waals surface area (Å²) in [5, 5.41) is 0. The van der Waals surface area contributed by atoms with Gasteiger partial charge in [-0.1, -0.05) is 6.07 Å². The molecule has 19 heavy (non-hydrogen) atoms. The van der Waals surface area contributed by atoms with E-state index in [9.17, 15) is 4.79 Å². The molecule has 2 aromatic carbocycles. The summed E-state index contributed by atoms with van der Waals surface area (Å²) in [6.07, 6.45) is 0. The van der Waals surface area contributed by atoms with Crippen LogP contribution < -0.4 is 9.47 Å². The number of methoxy groups -OCH3 is 1. The Hall–Kier alpha value is -2.29. The molecule has 98 valence electrons. The third-order valence-electron chi connectivity index (χ3n) is 2.73. The minimum Gasteiger partial charge on any atom is -0.497 e. The number of hydrogen-bond acceptors (Lipinski definition) is 3. The van der Waals surface area contributed by atoms with Crippen LogP contribution in [0.3, 0.4) is 0 Å². The van der Waals surface area contributed by atoms with Crippen LogP contribution in [-0.4, -0.2) is 13.1 Å². The summed E-state index contributed by atoms with van der Waals surface area (Å²) >= 11 is 0. The summed E-state index contributed by atoms with van der Waals surface area (Å²) in [6.45, 7) is 3.94. The van der Waals surface area contributed by atoms with Crippen molar-refractivity contribution in [3.05, 3.63) is 59.2 Å². The highest BCUT2D eigenvalue weighted by Crippen LogP contribution is 2.18. The summed E-state index contributed by atoms with van der Waals surface area (Å²) in [5.41, 5.74) is 2.63. The molecule has 0 spiro atoms. The van der Waals surface area contributed by atoms with Crippen molar-refractivity contribution >= 4 is 5.97 Å². The van der Waals surface area contributed by atoms with Crippen LogP contribution in [0.2, 0.25) is 0 Å². The van der Waals surface area contributed by atoms with E-state index in [1.807, 2.05) is 32.0 Å². The van der Waals surface area contributed by atoms with Crippen LogP contribution in [0, 0.1) is 13.8 Å². The maximum Gasteiger partial charge on any atom is 0.343 e. The first-order chi connectivity index (χ1) is 9.08. The quantitative estimate of drug-likeness (QED) is 0.622. The third kappa shape index (κ3) is 3.35. The molecule has 0 radical (unpaired) electrons. The summed E-state index contributed by atoms with van der Waals surface area (Å²) in [5.74, 6) is 0.911. The van der Waals surface area contributed by atoms with Crippen molar-refractivity contribution in [2.75, 3.05) is 7.11 Å². The molecule has 0 aliphatic carbocycles. The molecule has 0 saturated heterocycles. The number of carbonyl (C=O) groups excluding carboxylic acids is 1. The van der Waals surface area contributed by atoms with Gasteiger partial charge in [0.1, 0.15) is 11.5 Å². The van der Waals surface area contributed by atoms with E-state index in [4.69, 9.17) is 9.47 Å². The number of benzene rings is 2. The van der Waals surface area contributed by atoms with E-state index in [1.54, 1.807) is 31.4 Å². The molecule has 0 bridgehead atoms. The fraction of sp³-hybridized carbons (Fsp3) is 0.188. The molecule has 0 fully saturated rings. The molecule has 2 rings (SSSR count). The highest BCUT2D eigenvalue weighted by molar-refractivity contribution is 5.91. The maximum absolute atomic E-state index is 12.0. The lowest BCUT2D eigenvalue weighted by atomic mass is 10.1. The van der Waals surface area contributed by atoms with Gasteiger partial charge in [-0.05, 0) is 61.4 Å². The van der Waals surface area contributed by atoms with Gasteiger partial charge in [-0.25, -0.2) is 4.79 Å². The molecule has 3 heteroatoms. The van der Waals surface area contributed by atoms with Crippen molar-refractivity contribution in [2.24, 2.45) is 0 Å². The lowest BCUT2D eigenvalue weighted by Crippen LogP contribution is -2.08. The van der Waals surface area contributed by atoms with Gasteiger partial charge in [-0.2, -0.15) is 0 Å². The van der Waals surface area contributed by atoms with E-state index in [-0.39, 0.29) is 5.97 Å². The maximum atomic E-state index is 12.0. The van der Waals surface area contributed by atoms with Gasteiger partial charge in [0, 0.05) is 0 Å². The van der Waals surface area contributed by atoms with E-state index < -0.39 is 0 Å². The van der Waals surface area contributed by atoms with E-state index in [2.05, 4.69) is 0 Å². The van der Waals surface area contributed by atoms with Crippen LogP contribution in [-0.2, 0) is 0 Å². The monoisotopic (exact) mass is 256 g/mol. The zero-order valence-electron chi connectivity index (χ0n) is 11.3. The van der Waals surface area contributed by atoms with E-state index >= 15 is 0 Å². The predicted octanol–water partition coefficient (Wildman–Crippen LogP) is 3.53. The minimum atomic E-state index is -0.368. The van der Waals surface area contributed by atoms with Gasteiger partial charge in [0.2, 0.25) is 0 Å². The van der Waals surface area contributed by atoms with Crippen molar-refractivity contribution in [3.8, 4) is 11.5 Å². The molecule has 0 heterocycles. The Labute approximate surface area is 112 Å². The van der Waals surface area contributed by atoms with Crippen LogP contribution in [0.4, 0.5) is 0 Å². The van der Waals surface area contributed by atoms with Crippen LogP contribution in [0.1, 0.15) is 21.5 Å². The third-order valence-corrected chi connectivity index (χ3v) is 2.73. The van der Waals surface area contributed by atoms with Crippen molar-refractivity contribution in [1.29, 1.82) is 0 Å². The Bertz CT molecular complexity index is 565. The number of rotatable bonds is 3. The fourth-order valence-electron chi connectivity index (χ4n) is 1.88. The van der Waals surface area contributed by atoms with Crippen molar-refractivity contribution in [1.82, 2.24) is 0 Å². The van der Waals surface area contributed by atoms with Gasteiger partial charge < -0.3 is 9.47 Å². The SMILES string of the molecule is COc1ccc(C(=O)Oc2cc(C)cc(C)c2)cc1. The average Bonchev–Trinajstić information content (AvgIpc) is 2.37. The zero-order chi connectivity index (χ0) is 13.8. The van der Waals surface area contributed by atoms with Gasteiger partial charge in [-0.15, -0.1) is 0 Å². The first-order valence-corrected chi connectivity index (χ1v) is 6.03. The summed E-state index contributed by atoms with van der Waals surface area (Å²) in [7, 11) is 1.59. The predicted molar refractivity (Wildman–Crippen MR) is 73.9 cm³/mol. The van der Waals surface area contributed by atoms with E-state index in [1.165, 1.54) is 0 Å². The molecule has 3 nitrogen and oxygen atoms in total. The average molecular weight is 256 g/mol. The highest BCUT2D eigenvalue weighted by atomic mass is 16.5. The van der Waals surface area contributed by atoms with Crippen molar-refractivity contribution in [3.63, 3.8) is 0 Å². The molecular formula is C16H16O3. The zero-order valence-corrected chi connectivity index (χ0v) is 11.3. The molecule has 0 amide bonds. The molecular weight excluding hydrogens is 240 g/mol. The molecule has 0 N–H and O–H groups in total. The Kier molecular flexibility index (Phi) is 3.85. The normalized spacial score (nSPS) is 10.1. The van der Waals surface area contributed by atoms with Crippen molar-refractivity contribution in [2.45, 2.75) is 13.8 Å². The van der Waals surface area contributed by atoms with Crippen LogP contribution in [0.25, 0.3) is 0 Å². The summed E-state index contributed by atoms with van der Waals surface area (Å²) < 4.78 is 10.4. The van der Waals surface area contributed by atoms with Gasteiger partial charge >= 0.3 is 5.97 Å². The van der Waals surface area contributed by atoms with E-state index in [0.717, 1.165) is 11.1 Å². The summed E-state index contributed by atoms with van der Waals surface area (Å²) in [4.78, 5) is 12.0. The Balaban J connectivity index is 2.15. The number of aryl methyl sites for hydroxylation is 2. The molecule has 0 aliphatic rings. The van der Waals surface area contributed by atoms with Crippen LogP contribution in [0.5, 0.6) is 11.5 Å². The standard InChI is InChI=1S/C16H16O3/c1-11-8-12(2)10-15(9-11)19-16(17)13-4-6-14(18-3)7-5-13/h4-10H,1-3H3. The van der Waals surface area contributed by atoms with Gasteiger partial charge in [0.25, 0.3) is 0 Å². The van der Waals surface area contributed by atoms with Gasteiger partial charge in [0.15, 0.2) is 0 Å². The van der Waals surface area contributed by atoms with E-state index in [0.29, 0.717) is 17.1 Å². The second kappa shape index (κ2) is 5.57. The molecule has 0 aromatic heterocycles. The Morgan fingerprint density at radius 3 is 2.00 bits per heavy atom. The molecule has 2 aromatic rings. The largest absolute Gasteiger partial charge is 0.497 e. The first kappa shape index (κ1) is 13.1. The topological polar surface area (TPSA) is 35.5 Å². The number of ether oxygens (including phenoxy) is 2. The van der Waals surface area contributed by atoms with Gasteiger partial charge in [0.05, 0.1) is 12.7 Å². The molecule has 0 atom stereocenters. The lowest BCUT2D eigenvalue weighted by Gasteiger charge is -2.07. The second-order valence-electron chi connectivity index (χ2n) is 4.44. The highest BCUT2D eigenvalue weighted by Gasteiger charge is 2.09. The second-order valence-corrected chi connectivity index (χ2v) is 4.44.